The topological polar surface area (TPSA) is 40.5 Å². The monoisotopic (exact) mass is 287 g/mol. The summed E-state index contributed by atoms with van der Waals surface area (Å²) in [4.78, 5) is 14.5. The molecule has 1 heterocycles. The molecular formula is C18H25NO2. The molecule has 1 fully saturated rings. The van der Waals surface area contributed by atoms with Gasteiger partial charge in [0.1, 0.15) is 5.75 Å². The fourth-order valence-electron chi connectivity index (χ4n) is 3.70. The molecule has 1 aliphatic heterocycles. The van der Waals surface area contributed by atoms with Crippen molar-refractivity contribution in [1.82, 2.24) is 4.90 Å². The number of hydrogen-bond acceptors (Lipinski definition) is 2. The SMILES string of the molecule is O=C(CC1CCCCCC1)N1CCc2ccc(O)cc2C1. The van der Waals surface area contributed by atoms with E-state index in [2.05, 4.69) is 0 Å². The van der Waals surface area contributed by atoms with Crippen LogP contribution in [0.4, 0.5) is 0 Å². The molecule has 1 amide bonds. The lowest BCUT2D eigenvalue weighted by molar-refractivity contribution is -0.133. The summed E-state index contributed by atoms with van der Waals surface area (Å²) in [6.07, 6.45) is 9.31. The minimum Gasteiger partial charge on any atom is -0.508 e. The van der Waals surface area contributed by atoms with Crippen molar-refractivity contribution in [3.05, 3.63) is 29.3 Å². The number of nitrogens with zero attached hydrogens (tertiary/aromatic N) is 1. The minimum atomic E-state index is 0.298. The fraction of sp³-hybridized carbons (Fsp3) is 0.611. The Morgan fingerprint density at radius 2 is 1.90 bits per heavy atom. The van der Waals surface area contributed by atoms with Gasteiger partial charge in [-0.05, 0) is 48.4 Å². The molecule has 1 aromatic rings. The van der Waals surface area contributed by atoms with Crippen LogP contribution in [-0.4, -0.2) is 22.5 Å². The number of aromatic hydroxyl groups is 1. The molecule has 0 bridgehead atoms. The maximum Gasteiger partial charge on any atom is 0.223 e. The van der Waals surface area contributed by atoms with Crippen molar-refractivity contribution in [2.24, 2.45) is 5.92 Å². The minimum absolute atomic E-state index is 0.298. The largest absolute Gasteiger partial charge is 0.508 e. The lowest BCUT2D eigenvalue weighted by Crippen LogP contribution is -2.36. The van der Waals surface area contributed by atoms with Crippen LogP contribution in [0.15, 0.2) is 18.2 Å². The number of rotatable bonds is 2. The van der Waals surface area contributed by atoms with Crippen molar-refractivity contribution < 1.29 is 9.90 Å². The molecular weight excluding hydrogens is 262 g/mol. The maximum absolute atomic E-state index is 12.5. The fourth-order valence-corrected chi connectivity index (χ4v) is 3.70. The highest BCUT2D eigenvalue weighted by atomic mass is 16.3. The Kier molecular flexibility index (Phi) is 4.47. The summed E-state index contributed by atoms with van der Waals surface area (Å²) < 4.78 is 0. The third-order valence-electron chi connectivity index (χ3n) is 4.99. The zero-order valence-corrected chi connectivity index (χ0v) is 12.7. The predicted molar refractivity (Wildman–Crippen MR) is 83.0 cm³/mol. The number of phenolic OH excluding ortho intramolecular Hbond substituents is 1. The van der Waals surface area contributed by atoms with Gasteiger partial charge in [-0.1, -0.05) is 31.7 Å². The summed E-state index contributed by atoms with van der Waals surface area (Å²) in [5.41, 5.74) is 2.38. The van der Waals surface area contributed by atoms with E-state index in [1.165, 1.54) is 44.1 Å². The van der Waals surface area contributed by atoms with Crippen LogP contribution in [0.3, 0.4) is 0 Å². The summed E-state index contributed by atoms with van der Waals surface area (Å²) >= 11 is 0. The second-order valence-corrected chi connectivity index (χ2v) is 6.58. The average molecular weight is 287 g/mol. The number of carbonyl (C=O) groups is 1. The molecule has 1 aliphatic carbocycles. The Hall–Kier alpha value is -1.51. The molecule has 114 valence electrons. The molecule has 3 rings (SSSR count). The van der Waals surface area contributed by atoms with E-state index >= 15 is 0 Å². The molecule has 1 saturated carbocycles. The first-order chi connectivity index (χ1) is 10.2. The van der Waals surface area contributed by atoms with Gasteiger partial charge in [0.05, 0.1) is 0 Å². The van der Waals surface area contributed by atoms with Gasteiger partial charge in [0.25, 0.3) is 0 Å². The Morgan fingerprint density at radius 1 is 1.14 bits per heavy atom. The smallest absolute Gasteiger partial charge is 0.223 e. The molecule has 0 unspecified atom stereocenters. The first-order valence-corrected chi connectivity index (χ1v) is 8.31. The van der Waals surface area contributed by atoms with E-state index in [1.807, 2.05) is 11.0 Å². The van der Waals surface area contributed by atoms with Crippen molar-refractivity contribution in [2.45, 2.75) is 57.9 Å². The molecule has 1 aromatic carbocycles. The highest BCUT2D eigenvalue weighted by Gasteiger charge is 2.24. The highest BCUT2D eigenvalue weighted by molar-refractivity contribution is 5.76. The molecule has 3 heteroatoms. The standard InChI is InChI=1S/C18H25NO2/c20-17-8-7-15-9-10-19(13-16(15)12-17)18(21)11-14-5-3-1-2-4-6-14/h7-8,12,14,20H,1-6,9-11,13H2. The van der Waals surface area contributed by atoms with E-state index in [-0.39, 0.29) is 0 Å². The van der Waals surface area contributed by atoms with E-state index < -0.39 is 0 Å². The van der Waals surface area contributed by atoms with Crippen molar-refractivity contribution in [3.8, 4) is 5.75 Å². The third-order valence-corrected chi connectivity index (χ3v) is 4.99. The summed E-state index contributed by atoms with van der Waals surface area (Å²) in [6.45, 7) is 1.48. The Morgan fingerprint density at radius 3 is 2.67 bits per heavy atom. The molecule has 2 aliphatic rings. The van der Waals surface area contributed by atoms with Crippen LogP contribution in [0.25, 0.3) is 0 Å². The van der Waals surface area contributed by atoms with Crippen LogP contribution in [0.1, 0.15) is 56.1 Å². The van der Waals surface area contributed by atoms with Gasteiger partial charge < -0.3 is 10.0 Å². The van der Waals surface area contributed by atoms with Crippen molar-refractivity contribution in [1.29, 1.82) is 0 Å². The Labute approximate surface area is 127 Å². The first kappa shape index (κ1) is 14.4. The zero-order valence-electron chi connectivity index (χ0n) is 12.7. The molecule has 0 radical (unpaired) electrons. The second kappa shape index (κ2) is 6.50. The Balaban J connectivity index is 1.61. The van der Waals surface area contributed by atoms with Gasteiger partial charge in [0.15, 0.2) is 0 Å². The van der Waals surface area contributed by atoms with Crippen molar-refractivity contribution >= 4 is 5.91 Å². The Bertz CT molecular complexity index is 504. The number of amides is 1. The van der Waals surface area contributed by atoms with Gasteiger partial charge in [-0.25, -0.2) is 0 Å². The van der Waals surface area contributed by atoms with Gasteiger partial charge in [0.2, 0.25) is 5.91 Å². The van der Waals surface area contributed by atoms with Crippen LogP contribution < -0.4 is 0 Å². The van der Waals surface area contributed by atoms with Gasteiger partial charge >= 0.3 is 0 Å². The van der Waals surface area contributed by atoms with E-state index in [4.69, 9.17) is 0 Å². The van der Waals surface area contributed by atoms with Gasteiger partial charge in [-0.15, -0.1) is 0 Å². The molecule has 21 heavy (non-hydrogen) atoms. The predicted octanol–water partition coefficient (Wildman–Crippen LogP) is 3.64. The molecule has 0 saturated heterocycles. The average Bonchev–Trinajstić information content (AvgIpc) is 2.75. The van der Waals surface area contributed by atoms with Gasteiger partial charge in [-0.3, -0.25) is 4.79 Å². The third kappa shape index (κ3) is 3.58. The highest BCUT2D eigenvalue weighted by Crippen LogP contribution is 2.28. The number of phenols is 1. The second-order valence-electron chi connectivity index (χ2n) is 6.58. The summed E-state index contributed by atoms with van der Waals surface area (Å²) in [7, 11) is 0. The normalized spacial score (nSPS) is 19.9. The number of carbonyl (C=O) groups excluding carboxylic acids is 1. The van der Waals surface area contributed by atoms with Crippen LogP contribution in [0.5, 0.6) is 5.75 Å². The number of fused-ring (bicyclic) bond motifs is 1. The van der Waals surface area contributed by atoms with Gasteiger partial charge in [0, 0.05) is 19.5 Å². The van der Waals surface area contributed by atoms with E-state index in [0.717, 1.165) is 18.5 Å². The zero-order chi connectivity index (χ0) is 14.7. The molecule has 1 N–H and O–H groups in total. The van der Waals surface area contributed by atoms with Gasteiger partial charge in [-0.2, -0.15) is 0 Å². The lowest BCUT2D eigenvalue weighted by Gasteiger charge is -2.30. The lowest BCUT2D eigenvalue weighted by atomic mass is 9.94. The molecule has 3 nitrogen and oxygen atoms in total. The number of hydrogen-bond donors (Lipinski definition) is 1. The van der Waals surface area contributed by atoms with Crippen molar-refractivity contribution in [3.63, 3.8) is 0 Å². The van der Waals surface area contributed by atoms with Crippen LogP contribution >= 0.6 is 0 Å². The van der Waals surface area contributed by atoms with Crippen LogP contribution in [0.2, 0.25) is 0 Å². The van der Waals surface area contributed by atoms with Crippen molar-refractivity contribution in [2.75, 3.05) is 6.54 Å². The molecule has 0 atom stereocenters. The first-order valence-electron chi connectivity index (χ1n) is 8.31. The summed E-state index contributed by atoms with van der Waals surface area (Å²) in [5.74, 6) is 1.19. The maximum atomic E-state index is 12.5. The summed E-state index contributed by atoms with van der Waals surface area (Å²) in [5, 5.41) is 9.60. The van der Waals surface area contributed by atoms with E-state index in [0.29, 0.717) is 30.5 Å². The van der Waals surface area contributed by atoms with E-state index in [9.17, 15) is 9.90 Å². The molecule has 0 aromatic heterocycles. The van der Waals surface area contributed by atoms with Crippen LogP contribution in [0, 0.1) is 5.92 Å². The van der Waals surface area contributed by atoms with E-state index in [1.54, 1.807) is 12.1 Å². The summed E-state index contributed by atoms with van der Waals surface area (Å²) in [6, 6.07) is 5.53. The number of benzene rings is 1. The molecule has 0 spiro atoms. The quantitative estimate of drug-likeness (QED) is 0.844. The van der Waals surface area contributed by atoms with Crippen LogP contribution in [-0.2, 0) is 17.8 Å².